The zero-order valence-corrected chi connectivity index (χ0v) is 14.5. The van der Waals surface area contributed by atoms with Crippen molar-refractivity contribution in [2.24, 2.45) is 11.8 Å². The Labute approximate surface area is 150 Å². The van der Waals surface area contributed by atoms with Crippen LogP contribution in [0.1, 0.15) is 19.4 Å². The second kappa shape index (κ2) is 6.87. The number of aromatic nitrogens is 1. The number of fused-ring (bicyclic) bond motifs is 1. The van der Waals surface area contributed by atoms with E-state index in [9.17, 15) is 24.6 Å². The number of rotatable bonds is 6. The first kappa shape index (κ1) is 18.1. The number of hydrogen-bond acceptors (Lipinski definition) is 6. The number of aliphatic hydroxyl groups is 1. The third-order valence-corrected chi connectivity index (χ3v) is 4.98. The fraction of sp³-hybridized carbons (Fsp3) is 0.444. The van der Waals surface area contributed by atoms with Gasteiger partial charge in [-0.25, -0.2) is 4.79 Å². The van der Waals surface area contributed by atoms with Gasteiger partial charge in [-0.1, -0.05) is 13.0 Å². The maximum Gasteiger partial charge on any atom is 0.352 e. The van der Waals surface area contributed by atoms with Gasteiger partial charge in [-0.05, 0) is 18.6 Å². The highest BCUT2D eigenvalue weighted by atomic mass is 16.5. The summed E-state index contributed by atoms with van der Waals surface area (Å²) < 4.78 is 5.25. The quantitative estimate of drug-likeness (QED) is 0.556. The van der Waals surface area contributed by atoms with Gasteiger partial charge in [0.15, 0.2) is 0 Å². The van der Waals surface area contributed by atoms with Gasteiger partial charge in [-0.2, -0.15) is 0 Å². The Morgan fingerprint density at radius 3 is 2.73 bits per heavy atom. The smallest absolute Gasteiger partial charge is 0.352 e. The molecule has 0 aliphatic carbocycles. The molecule has 4 atom stereocenters. The van der Waals surface area contributed by atoms with Crippen LogP contribution >= 0.6 is 0 Å². The van der Waals surface area contributed by atoms with Crippen LogP contribution in [0.15, 0.2) is 35.8 Å². The van der Waals surface area contributed by atoms with E-state index in [1.807, 2.05) is 0 Å². The number of aliphatic carboxylic acids is 1. The van der Waals surface area contributed by atoms with Crippen molar-refractivity contribution in [2.45, 2.75) is 32.4 Å². The van der Waals surface area contributed by atoms with Crippen LogP contribution in [0.25, 0.3) is 0 Å². The molecule has 0 bridgehead atoms. The van der Waals surface area contributed by atoms with Crippen molar-refractivity contribution in [3.05, 3.63) is 41.4 Å². The molecule has 0 spiro atoms. The maximum atomic E-state index is 12.2. The van der Waals surface area contributed by atoms with E-state index >= 15 is 0 Å². The molecule has 1 amide bonds. The second-order valence-corrected chi connectivity index (χ2v) is 6.63. The topological polar surface area (TPSA) is 117 Å². The molecular weight excluding hydrogens is 340 g/mol. The molecule has 2 aliphatic heterocycles. The molecule has 1 fully saturated rings. The Hall–Kier alpha value is -2.74. The van der Waals surface area contributed by atoms with Gasteiger partial charge in [0, 0.05) is 23.9 Å². The predicted octanol–water partition coefficient (Wildman–Crippen LogP) is 0.363. The number of aliphatic hydroxyl groups excluding tert-OH is 1. The lowest BCUT2D eigenvalue weighted by molar-refractivity contribution is -0.163. The van der Waals surface area contributed by atoms with Crippen molar-refractivity contribution in [3.8, 4) is 0 Å². The normalized spacial score (nSPS) is 25.6. The van der Waals surface area contributed by atoms with Crippen LogP contribution in [-0.4, -0.2) is 56.7 Å². The number of esters is 1. The Kier molecular flexibility index (Phi) is 4.78. The molecule has 8 nitrogen and oxygen atoms in total. The van der Waals surface area contributed by atoms with Gasteiger partial charge < -0.3 is 19.8 Å². The van der Waals surface area contributed by atoms with Crippen LogP contribution < -0.4 is 0 Å². The number of carbonyl (C=O) groups is 3. The minimum atomic E-state index is -1.24. The first-order chi connectivity index (χ1) is 12.3. The highest BCUT2D eigenvalue weighted by Crippen LogP contribution is 2.47. The van der Waals surface area contributed by atoms with Crippen LogP contribution in [0, 0.1) is 11.8 Å². The Balaban J connectivity index is 1.73. The Morgan fingerprint density at radius 1 is 1.42 bits per heavy atom. The zero-order valence-electron chi connectivity index (χ0n) is 14.5. The molecule has 1 saturated heterocycles. The van der Waals surface area contributed by atoms with E-state index in [4.69, 9.17) is 4.74 Å². The molecule has 0 unspecified atom stereocenters. The van der Waals surface area contributed by atoms with E-state index in [0.717, 1.165) is 0 Å². The van der Waals surface area contributed by atoms with E-state index in [1.54, 1.807) is 31.5 Å². The van der Waals surface area contributed by atoms with Crippen molar-refractivity contribution in [1.29, 1.82) is 0 Å². The van der Waals surface area contributed by atoms with Gasteiger partial charge in [-0.15, -0.1) is 0 Å². The van der Waals surface area contributed by atoms with Gasteiger partial charge in [0.1, 0.15) is 12.3 Å². The summed E-state index contributed by atoms with van der Waals surface area (Å²) in [6.45, 7) is 3.09. The van der Waals surface area contributed by atoms with Gasteiger partial charge in [-0.3, -0.25) is 14.6 Å². The van der Waals surface area contributed by atoms with Crippen molar-refractivity contribution < 1.29 is 29.3 Å². The summed E-state index contributed by atoms with van der Waals surface area (Å²) in [5, 5.41) is 19.3. The van der Waals surface area contributed by atoms with Crippen molar-refractivity contribution in [1.82, 2.24) is 9.88 Å². The number of carbonyl (C=O) groups excluding carboxylic acids is 2. The molecule has 0 aromatic carbocycles. The number of carboxylic acids is 1. The van der Waals surface area contributed by atoms with Crippen molar-refractivity contribution >= 4 is 17.8 Å². The lowest BCUT2D eigenvalue weighted by Crippen LogP contribution is -2.63. The van der Waals surface area contributed by atoms with E-state index in [1.165, 1.54) is 11.8 Å². The molecule has 2 N–H and O–H groups in total. The lowest BCUT2D eigenvalue weighted by Gasteiger charge is -2.46. The molecule has 0 saturated carbocycles. The molecule has 26 heavy (non-hydrogen) atoms. The minimum Gasteiger partial charge on any atom is -0.477 e. The summed E-state index contributed by atoms with van der Waals surface area (Å²) in [5.74, 6) is -3.11. The average Bonchev–Trinajstić information content (AvgIpc) is 2.82. The highest BCUT2D eigenvalue weighted by Gasteiger charge is 2.59. The molecule has 3 heterocycles. The second-order valence-electron chi connectivity index (χ2n) is 6.63. The lowest BCUT2D eigenvalue weighted by atomic mass is 9.78. The summed E-state index contributed by atoms with van der Waals surface area (Å²) >= 11 is 0. The zero-order chi connectivity index (χ0) is 19.0. The van der Waals surface area contributed by atoms with Crippen molar-refractivity contribution in [2.75, 3.05) is 6.61 Å². The van der Waals surface area contributed by atoms with Crippen LogP contribution in [0.2, 0.25) is 0 Å². The average molecular weight is 360 g/mol. The van der Waals surface area contributed by atoms with Crippen LogP contribution in [0.5, 0.6) is 0 Å². The molecule has 8 heteroatoms. The maximum absolute atomic E-state index is 12.2. The van der Waals surface area contributed by atoms with E-state index < -0.39 is 35.9 Å². The molecule has 1 aromatic rings. The number of pyridine rings is 1. The van der Waals surface area contributed by atoms with E-state index in [-0.39, 0.29) is 24.6 Å². The van der Waals surface area contributed by atoms with Crippen LogP contribution in [0.4, 0.5) is 0 Å². The van der Waals surface area contributed by atoms with Gasteiger partial charge in [0.05, 0.1) is 24.5 Å². The first-order valence-electron chi connectivity index (χ1n) is 8.35. The fourth-order valence-electron chi connectivity index (χ4n) is 3.71. The van der Waals surface area contributed by atoms with Gasteiger partial charge in [0.25, 0.3) is 0 Å². The molecule has 2 aliphatic rings. The van der Waals surface area contributed by atoms with Gasteiger partial charge >= 0.3 is 11.9 Å². The fourth-order valence-corrected chi connectivity index (χ4v) is 3.71. The number of amides is 1. The van der Waals surface area contributed by atoms with Crippen LogP contribution in [0.3, 0.4) is 0 Å². The van der Waals surface area contributed by atoms with Gasteiger partial charge in [0.2, 0.25) is 5.91 Å². The standard InChI is InChI=1S/C18H20N2O6/c1-9-12(8-26-13(22)6-11-4-3-5-19-7-11)16(18(24)25)20-15(9)14(10(2)21)17(20)23/h3-5,7,9-10,14-15,21H,6,8H2,1-2H3,(H,24,25)/t9-,10+,14+,15+/m0/s1. The van der Waals surface area contributed by atoms with Crippen LogP contribution in [-0.2, 0) is 25.5 Å². The minimum absolute atomic E-state index is 0.0281. The SMILES string of the molecule is C[C@@H](O)[C@H]1C(=O)N2C(C(=O)O)=C(COC(=O)Cc3cccnc3)[C@H](C)[C@H]12. The molecule has 3 rings (SSSR count). The number of nitrogens with zero attached hydrogens (tertiary/aromatic N) is 2. The molecule has 0 radical (unpaired) electrons. The molecular formula is C18H20N2O6. The number of carboxylic acid groups (broad SMARTS) is 1. The monoisotopic (exact) mass is 360 g/mol. The number of β-lactam (4-membered cyclic amide) rings is 1. The third-order valence-electron chi connectivity index (χ3n) is 4.98. The van der Waals surface area contributed by atoms with E-state index in [2.05, 4.69) is 4.98 Å². The predicted molar refractivity (Wildman–Crippen MR) is 88.5 cm³/mol. The summed E-state index contributed by atoms with van der Waals surface area (Å²) in [6.07, 6.45) is 2.31. The Bertz CT molecular complexity index is 773. The largest absolute Gasteiger partial charge is 0.477 e. The Morgan fingerprint density at radius 2 is 2.15 bits per heavy atom. The molecule has 138 valence electrons. The summed E-state index contributed by atoms with van der Waals surface area (Å²) in [4.78, 5) is 41.0. The third kappa shape index (κ3) is 2.96. The summed E-state index contributed by atoms with van der Waals surface area (Å²) in [6, 6.07) is 3.03. The summed E-state index contributed by atoms with van der Waals surface area (Å²) in [5.41, 5.74) is 0.940. The van der Waals surface area contributed by atoms with Crippen molar-refractivity contribution in [3.63, 3.8) is 0 Å². The number of ether oxygens (including phenoxy) is 1. The molecule has 1 aromatic heterocycles. The summed E-state index contributed by atoms with van der Waals surface area (Å²) in [7, 11) is 0. The highest BCUT2D eigenvalue weighted by molar-refractivity contribution is 6.00. The first-order valence-corrected chi connectivity index (χ1v) is 8.35. The van der Waals surface area contributed by atoms with E-state index in [0.29, 0.717) is 11.1 Å². The number of hydrogen-bond donors (Lipinski definition) is 2.